The fraction of sp³-hybridized carbons (Fsp3) is 0.500. The van der Waals surface area contributed by atoms with Gasteiger partial charge < -0.3 is 5.73 Å². The van der Waals surface area contributed by atoms with Crippen molar-refractivity contribution >= 4 is 5.78 Å². The number of unbranched alkanes of at least 4 members (excludes halogenated alkanes) is 1. The van der Waals surface area contributed by atoms with Crippen LogP contribution in [0.25, 0.3) is 0 Å². The molecule has 21 heavy (non-hydrogen) atoms. The van der Waals surface area contributed by atoms with Crippen LogP contribution >= 0.6 is 0 Å². The maximum atomic E-state index is 11.1. The fourth-order valence-electron chi connectivity index (χ4n) is 1.50. The lowest BCUT2D eigenvalue weighted by atomic mass is 10.1. The Bertz CT molecular complexity index is 507. The van der Waals surface area contributed by atoms with Crippen molar-refractivity contribution in [1.82, 2.24) is 4.90 Å². The molecule has 0 saturated carbocycles. The molecule has 0 heterocycles. The van der Waals surface area contributed by atoms with E-state index in [1.807, 2.05) is 19.0 Å². The molecule has 0 aliphatic heterocycles. The zero-order valence-corrected chi connectivity index (χ0v) is 13.4. The average molecular weight is 284 g/mol. The van der Waals surface area contributed by atoms with Crippen molar-refractivity contribution in [2.24, 2.45) is 5.73 Å². The van der Waals surface area contributed by atoms with Crippen molar-refractivity contribution in [3.05, 3.63) is 0 Å². The molecule has 0 spiro atoms. The normalized spacial score (nSPS) is 9.19. The highest BCUT2D eigenvalue weighted by Crippen LogP contribution is 2.06. The number of nitrogens with two attached hydrogens (primary N) is 1. The maximum absolute atomic E-state index is 11.1. The van der Waals surface area contributed by atoms with Crippen LogP contribution in [0.15, 0.2) is 0 Å². The molecule has 1 atom stereocenters. The zero-order valence-electron chi connectivity index (χ0n) is 13.4. The van der Waals surface area contributed by atoms with Crippen LogP contribution in [0.3, 0.4) is 0 Å². The second kappa shape index (κ2) is 15.9. The molecular formula is C18H24N2O. The van der Waals surface area contributed by atoms with Crippen molar-refractivity contribution in [3.8, 4) is 47.9 Å². The van der Waals surface area contributed by atoms with Gasteiger partial charge in [0.15, 0.2) is 0 Å². The SMILES string of the molecule is C#CC#CC#CC#CC.CC(=O)[C@H](CCCCN)N(C)C. The van der Waals surface area contributed by atoms with Crippen LogP contribution in [0.4, 0.5) is 0 Å². The van der Waals surface area contributed by atoms with E-state index < -0.39 is 0 Å². The molecule has 0 bridgehead atoms. The van der Waals surface area contributed by atoms with E-state index in [-0.39, 0.29) is 11.8 Å². The van der Waals surface area contributed by atoms with E-state index in [1.165, 1.54) is 0 Å². The number of terminal acetylenes is 1. The van der Waals surface area contributed by atoms with Gasteiger partial charge in [0, 0.05) is 0 Å². The minimum absolute atomic E-state index is 0.0801. The first kappa shape index (κ1) is 21.1. The number of hydrogen-bond acceptors (Lipinski definition) is 3. The standard InChI is InChI=1S/C9H20N2O.C9H4/c1-8(12)9(11(2)3)6-4-5-7-10;1-3-5-7-9-8-6-4-2/h9H,4-7,10H2,1-3H3;1H,2H3/t9-;/m0./s1. The van der Waals surface area contributed by atoms with Gasteiger partial charge in [-0.25, -0.2) is 0 Å². The Morgan fingerprint density at radius 1 is 1.14 bits per heavy atom. The van der Waals surface area contributed by atoms with Gasteiger partial charge >= 0.3 is 0 Å². The van der Waals surface area contributed by atoms with Crippen molar-refractivity contribution in [3.63, 3.8) is 0 Å². The Morgan fingerprint density at radius 2 is 1.71 bits per heavy atom. The Balaban J connectivity index is 0. The number of carbonyl (C=O) groups is 1. The third-order valence-electron chi connectivity index (χ3n) is 2.47. The molecule has 0 aliphatic rings. The maximum Gasteiger partial charge on any atom is 0.146 e. The van der Waals surface area contributed by atoms with Gasteiger partial charge in [0.2, 0.25) is 0 Å². The molecule has 0 aliphatic carbocycles. The molecule has 0 aromatic heterocycles. The van der Waals surface area contributed by atoms with Gasteiger partial charge in [0.05, 0.1) is 6.04 Å². The molecule has 2 N–H and O–H groups in total. The van der Waals surface area contributed by atoms with Crippen LogP contribution < -0.4 is 5.73 Å². The molecule has 0 unspecified atom stereocenters. The summed E-state index contributed by atoms with van der Waals surface area (Å²) in [6, 6.07) is 0.0801. The summed E-state index contributed by atoms with van der Waals surface area (Å²) < 4.78 is 0. The summed E-state index contributed by atoms with van der Waals surface area (Å²) in [5.41, 5.74) is 5.37. The summed E-state index contributed by atoms with van der Waals surface area (Å²) in [5, 5.41) is 0. The average Bonchev–Trinajstić information content (AvgIpc) is 2.43. The summed E-state index contributed by atoms with van der Waals surface area (Å²) in [6.07, 6.45) is 7.80. The predicted molar refractivity (Wildman–Crippen MR) is 88.9 cm³/mol. The quantitative estimate of drug-likeness (QED) is 0.590. The first-order valence-corrected chi connectivity index (χ1v) is 6.75. The highest BCUT2D eigenvalue weighted by atomic mass is 16.1. The van der Waals surface area contributed by atoms with Crippen molar-refractivity contribution in [2.45, 2.75) is 39.2 Å². The predicted octanol–water partition coefficient (Wildman–Crippen LogP) is 1.28. The van der Waals surface area contributed by atoms with E-state index in [1.54, 1.807) is 13.8 Å². The molecule has 0 aromatic rings. The van der Waals surface area contributed by atoms with Crippen molar-refractivity contribution < 1.29 is 4.79 Å². The van der Waals surface area contributed by atoms with Crippen LogP contribution in [0.1, 0.15) is 33.1 Å². The molecule has 0 saturated heterocycles. The lowest BCUT2D eigenvalue weighted by Crippen LogP contribution is -2.34. The number of Topliss-reactive ketones (excluding diaryl/α,β-unsaturated/α-hetero) is 1. The lowest BCUT2D eigenvalue weighted by Gasteiger charge is -2.21. The van der Waals surface area contributed by atoms with E-state index in [0.717, 1.165) is 25.8 Å². The van der Waals surface area contributed by atoms with Gasteiger partial charge in [-0.15, -0.1) is 6.42 Å². The lowest BCUT2D eigenvalue weighted by molar-refractivity contribution is -0.121. The smallest absolute Gasteiger partial charge is 0.146 e. The van der Waals surface area contributed by atoms with Crippen molar-refractivity contribution in [1.29, 1.82) is 0 Å². The number of hydrogen-bond donors (Lipinski definition) is 1. The molecule has 0 amide bonds. The van der Waals surface area contributed by atoms with Gasteiger partial charge in [-0.2, -0.15) is 0 Å². The minimum atomic E-state index is 0.0801. The zero-order chi connectivity index (χ0) is 16.5. The van der Waals surface area contributed by atoms with Gasteiger partial charge in [0.25, 0.3) is 0 Å². The topological polar surface area (TPSA) is 46.3 Å². The summed E-state index contributed by atoms with van der Waals surface area (Å²) in [5.74, 6) is 17.2. The monoisotopic (exact) mass is 284 g/mol. The van der Waals surface area contributed by atoms with Crippen LogP contribution in [0.5, 0.6) is 0 Å². The number of likely N-dealkylation sites (N-methyl/N-ethyl adjacent to an activating group) is 1. The summed E-state index contributed by atoms with van der Waals surface area (Å²) in [4.78, 5) is 13.1. The fourth-order valence-corrected chi connectivity index (χ4v) is 1.50. The number of nitrogens with zero attached hydrogens (tertiary/aromatic N) is 1. The summed E-state index contributed by atoms with van der Waals surface area (Å²) in [7, 11) is 3.88. The Labute approximate surface area is 129 Å². The second-order valence-corrected chi connectivity index (χ2v) is 4.39. The number of rotatable bonds is 6. The van der Waals surface area contributed by atoms with E-state index in [2.05, 4.69) is 41.4 Å². The molecule has 3 heteroatoms. The summed E-state index contributed by atoms with van der Waals surface area (Å²) in [6.45, 7) is 4.08. The molecule has 3 nitrogen and oxygen atoms in total. The third-order valence-corrected chi connectivity index (χ3v) is 2.47. The highest BCUT2D eigenvalue weighted by molar-refractivity contribution is 5.81. The second-order valence-electron chi connectivity index (χ2n) is 4.39. The number of ketones is 1. The highest BCUT2D eigenvalue weighted by Gasteiger charge is 2.15. The Kier molecular flexibility index (Phi) is 16.0. The first-order chi connectivity index (χ1) is 10.0. The van der Waals surface area contributed by atoms with E-state index >= 15 is 0 Å². The Morgan fingerprint density at radius 3 is 2.14 bits per heavy atom. The molecule has 0 rings (SSSR count). The summed E-state index contributed by atoms with van der Waals surface area (Å²) >= 11 is 0. The van der Waals surface area contributed by atoms with Crippen LogP contribution in [-0.4, -0.2) is 37.4 Å². The minimum Gasteiger partial charge on any atom is -0.330 e. The van der Waals surface area contributed by atoms with E-state index in [4.69, 9.17) is 12.2 Å². The van der Waals surface area contributed by atoms with Gasteiger partial charge in [-0.3, -0.25) is 9.69 Å². The molecule has 0 fully saturated rings. The van der Waals surface area contributed by atoms with Crippen molar-refractivity contribution in [2.75, 3.05) is 20.6 Å². The molecule has 0 radical (unpaired) electrons. The Hall–Kier alpha value is -2.17. The number of carbonyl (C=O) groups excluding carboxylic acids is 1. The van der Waals surface area contributed by atoms with Gasteiger partial charge in [0.1, 0.15) is 5.78 Å². The van der Waals surface area contributed by atoms with E-state index in [9.17, 15) is 4.79 Å². The van der Waals surface area contributed by atoms with Crippen LogP contribution in [-0.2, 0) is 4.79 Å². The van der Waals surface area contributed by atoms with Gasteiger partial charge in [-0.05, 0) is 82.9 Å². The van der Waals surface area contributed by atoms with E-state index in [0.29, 0.717) is 0 Å². The molecular weight excluding hydrogens is 260 g/mol. The van der Waals surface area contributed by atoms with Crippen LogP contribution in [0.2, 0.25) is 0 Å². The van der Waals surface area contributed by atoms with Gasteiger partial charge in [-0.1, -0.05) is 12.3 Å². The molecule has 112 valence electrons. The first-order valence-electron chi connectivity index (χ1n) is 6.75. The molecule has 0 aromatic carbocycles. The largest absolute Gasteiger partial charge is 0.330 e. The third kappa shape index (κ3) is 15.8. The van der Waals surface area contributed by atoms with Crippen LogP contribution in [0, 0.1) is 47.9 Å².